The number of hydrogen-bond acceptors (Lipinski definition) is 4. The first-order valence-electron chi connectivity index (χ1n) is 9.39. The van der Waals surface area contributed by atoms with Gasteiger partial charge in [0.25, 0.3) is 0 Å². The van der Waals surface area contributed by atoms with E-state index in [1.165, 1.54) is 0 Å². The van der Waals surface area contributed by atoms with E-state index in [0.717, 1.165) is 21.8 Å². The van der Waals surface area contributed by atoms with Crippen molar-refractivity contribution in [1.82, 2.24) is 0 Å². The minimum Gasteiger partial charge on any atom is -0.506 e. The fourth-order valence-electron chi connectivity index (χ4n) is 3.70. The zero-order valence-corrected chi connectivity index (χ0v) is 23.1. The molecule has 0 aromatic heterocycles. The van der Waals surface area contributed by atoms with E-state index in [-0.39, 0.29) is 28.5 Å². The zero-order valence-electron chi connectivity index (χ0n) is 16.8. The molecule has 160 valence electrons. The lowest BCUT2D eigenvalue weighted by atomic mass is 9.74. The molecule has 30 heavy (non-hydrogen) atoms. The van der Waals surface area contributed by atoms with Crippen LogP contribution in [-0.4, -0.2) is 34.2 Å². The highest BCUT2D eigenvalue weighted by atomic mass is 79.9. The topological polar surface area (TPSA) is 65.2 Å². The monoisotopic (exact) mass is 662 g/mol. The minimum atomic E-state index is -0.337. The van der Waals surface area contributed by atoms with Crippen molar-refractivity contribution in [2.24, 2.45) is 15.4 Å². The first-order chi connectivity index (χ1) is 13.9. The molecule has 0 heterocycles. The molecule has 3 rings (SSSR count). The Balaban J connectivity index is 1.86. The van der Waals surface area contributed by atoms with Crippen LogP contribution in [0.4, 0.5) is 0 Å². The van der Waals surface area contributed by atoms with E-state index >= 15 is 0 Å². The first kappa shape index (κ1) is 24.0. The molecule has 1 aliphatic carbocycles. The Morgan fingerprint density at radius 1 is 0.867 bits per heavy atom. The number of nitrogens with zero attached hydrogens (tertiary/aromatic N) is 2. The van der Waals surface area contributed by atoms with Crippen molar-refractivity contribution in [1.29, 1.82) is 0 Å². The Morgan fingerprint density at radius 3 is 1.90 bits per heavy atom. The second-order valence-electron chi connectivity index (χ2n) is 8.24. The normalized spacial score (nSPS) is 23.6. The summed E-state index contributed by atoms with van der Waals surface area (Å²) in [5, 5.41) is 20.6. The molecular formula is C22H22Br4N2O2. The van der Waals surface area contributed by atoms with Crippen LogP contribution in [-0.2, 0) is 0 Å². The summed E-state index contributed by atoms with van der Waals surface area (Å²) in [4.78, 5) is 9.73. The predicted molar refractivity (Wildman–Crippen MR) is 137 cm³/mol. The van der Waals surface area contributed by atoms with Crippen LogP contribution in [0.15, 0.2) is 52.1 Å². The quantitative estimate of drug-likeness (QED) is 0.330. The van der Waals surface area contributed by atoms with Crippen molar-refractivity contribution < 1.29 is 10.2 Å². The molecule has 0 amide bonds. The van der Waals surface area contributed by atoms with Crippen LogP contribution in [0.25, 0.3) is 0 Å². The number of aliphatic imine (C=N–C) groups is 2. The molecule has 2 N–H and O–H groups in total. The molecule has 0 unspecified atom stereocenters. The van der Waals surface area contributed by atoms with Crippen molar-refractivity contribution in [3.05, 3.63) is 53.3 Å². The molecule has 1 fully saturated rings. The van der Waals surface area contributed by atoms with Crippen LogP contribution in [0.5, 0.6) is 11.5 Å². The zero-order chi connectivity index (χ0) is 22.3. The number of benzene rings is 2. The smallest absolute Gasteiger partial charge is 0.138 e. The predicted octanol–water partition coefficient (Wildman–Crippen LogP) is 7.63. The van der Waals surface area contributed by atoms with E-state index in [9.17, 15) is 10.2 Å². The number of phenols is 2. The van der Waals surface area contributed by atoms with Gasteiger partial charge in [0.2, 0.25) is 0 Å². The van der Waals surface area contributed by atoms with Gasteiger partial charge < -0.3 is 10.2 Å². The summed E-state index contributed by atoms with van der Waals surface area (Å²) < 4.78 is 2.98. The molecule has 4 nitrogen and oxygen atoms in total. The largest absolute Gasteiger partial charge is 0.506 e. The molecule has 1 saturated carbocycles. The van der Waals surface area contributed by atoms with Crippen molar-refractivity contribution in [2.45, 2.75) is 45.2 Å². The second-order valence-corrected chi connectivity index (χ2v) is 11.8. The molecule has 0 aliphatic heterocycles. The summed E-state index contributed by atoms with van der Waals surface area (Å²) in [6, 6.07) is 7.34. The first-order valence-corrected chi connectivity index (χ1v) is 12.6. The minimum absolute atomic E-state index is 0.0552. The van der Waals surface area contributed by atoms with E-state index in [4.69, 9.17) is 9.98 Å². The van der Waals surface area contributed by atoms with Crippen molar-refractivity contribution >= 4 is 76.1 Å². The third-order valence-electron chi connectivity index (χ3n) is 6.12. The highest BCUT2D eigenvalue weighted by Gasteiger charge is 2.51. The van der Waals surface area contributed by atoms with Gasteiger partial charge in [-0.1, -0.05) is 45.7 Å². The lowest BCUT2D eigenvalue weighted by molar-refractivity contribution is 0.211. The molecule has 0 bridgehead atoms. The molecule has 2 atom stereocenters. The highest BCUT2D eigenvalue weighted by molar-refractivity contribution is 9.11. The van der Waals surface area contributed by atoms with Gasteiger partial charge in [-0.05, 0) is 75.9 Å². The van der Waals surface area contributed by atoms with Crippen molar-refractivity contribution in [3.8, 4) is 11.5 Å². The lowest BCUT2D eigenvalue weighted by Crippen LogP contribution is -2.40. The summed E-state index contributed by atoms with van der Waals surface area (Å²) in [5.41, 5.74) is 0.769. The average molecular weight is 666 g/mol. The molecule has 1 aliphatic rings. The maximum atomic E-state index is 10.3. The van der Waals surface area contributed by atoms with Gasteiger partial charge in [-0.3, -0.25) is 9.98 Å². The standard InChI is InChI=1S/C22H22Br4N2O2/c1-21(2)18(27-10-12-6-14(23)8-16(25)19(12)29)4-5-22(21,3)28-11-13-7-15(24)9-17(26)20(13)30/h6-11,18,29-30H,4-5H2,1-3H3/t18-,22+/m0/s1. The Labute approximate surface area is 210 Å². The Hall–Kier alpha value is -0.700. The summed E-state index contributed by atoms with van der Waals surface area (Å²) in [7, 11) is 0. The van der Waals surface area contributed by atoms with Gasteiger partial charge in [0, 0.05) is 37.9 Å². The van der Waals surface area contributed by atoms with Gasteiger partial charge in [-0.15, -0.1) is 0 Å². The number of hydrogen-bond donors (Lipinski definition) is 2. The van der Waals surface area contributed by atoms with Crippen LogP contribution in [0.2, 0.25) is 0 Å². The van der Waals surface area contributed by atoms with Gasteiger partial charge in [-0.25, -0.2) is 0 Å². The van der Waals surface area contributed by atoms with Gasteiger partial charge in [0.1, 0.15) is 11.5 Å². The van der Waals surface area contributed by atoms with E-state index in [1.54, 1.807) is 24.6 Å². The molecular weight excluding hydrogens is 644 g/mol. The second kappa shape index (κ2) is 9.04. The van der Waals surface area contributed by atoms with E-state index in [2.05, 4.69) is 84.5 Å². The van der Waals surface area contributed by atoms with Gasteiger partial charge in [0.05, 0.1) is 20.5 Å². The third-order valence-corrected chi connectivity index (χ3v) is 8.25. The van der Waals surface area contributed by atoms with Gasteiger partial charge >= 0.3 is 0 Å². The number of rotatable bonds is 4. The summed E-state index contributed by atoms with van der Waals surface area (Å²) in [6.07, 6.45) is 5.25. The van der Waals surface area contributed by atoms with Gasteiger partial charge in [0.15, 0.2) is 0 Å². The lowest BCUT2D eigenvalue weighted by Gasteiger charge is -2.37. The van der Waals surface area contributed by atoms with E-state index in [1.807, 2.05) is 12.1 Å². The summed E-state index contributed by atoms with van der Waals surface area (Å²) in [6.45, 7) is 6.48. The Morgan fingerprint density at radius 2 is 1.37 bits per heavy atom. The van der Waals surface area contributed by atoms with Gasteiger partial charge in [-0.2, -0.15) is 0 Å². The van der Waals surface area contributed by atoms with Crippen molar-refractivity contribution in [3.63, 3.8) is 0 Å². The molecule has 8 heteroatoms. The van der Waals surface area contributed by atoms with Crippen molar-refractivity contribution in [2.75, 3.05) is 0 Å². The van der Waals surface area contributed by atoms with Crippen LogP contribution < -0.4 is 0 Å². The third kappa shape index (κ3) is 4.71. The maximum Gasteiger partial charge on any atom is 0.138 e. The Kier molecular flexibility index (Phi) is 7.22. The van der Waals surface area contributed by atoms with Crippen LogP contribution in [0.3, 0.4) is 0 Å². The Bertz CT molecular complexity index is 1040. The molecule has 2 aromatic rings. The highest BCUT2D eigenvalue weighted by Crippen LogP contribution is 2.50. The molecule has 0 radical (unpaired) electrons. The van der Waals surface area contributed by atoms with E-state index < -0.39 is 0 Å². The molecule has 0 saturated heterocycles. The van der Waals surface area contributed by atoms with Crippen LogP contribution in [0.1, 0.15) is 44.7 Å². The molecule has 0 spiro atoms. The van der Waals surface area contributed by atoms with E-state index in [0.29, 0.717) is 20.1 Å². The summed E-state index contributed by atoms with van der Waals surface area (Å²) >= 11 is 13.6. The average Bonchev–Trinajstić information content (AvgIpc) is 2.88. The SMILES string of the molecule is CC1(C)[C@@H](N=Cc2cc(Br)cc(Br)c2O)CC[C@@]1(C)N=Cc1cc(Br)cc(Br)c1O. The summed E-state index contributed by atoms with van der Waals surface area (Å²) in [5.74, 6) is 0.348. The number of phenolic OH excluding ortho intramolecular Hbond substituents is 2. The van der Waals surface area contributed by atoms with Crippen LogP contribution >= 0.6 is 63.7 Å². The van der Waals surface area contributed by atoms with Crippen LogP contribution in [0, 0.1) is 5.41 Å². The fraction of sp³-hybridized carbons (Fsp3) is 0.364. The fourth-order valence-corrected chi connectivity index (χ4v) is 6.22. The maximum absolute atomic E-state index is 10.3. The number of halogens is 4. The number of aromatic hydroxyl groups is 2. The molecule has 2 aromatic carbocycles.